The zero-order valence-corrected chi connectivity index (χ0v) is 15.7. The fourth-order valence-electron chi connectivity index (χ4n) is 2.81. The summed E-state index contributed by atoms with van der Waals surface area (Å²) in [5.41, 5.74) is 1.32. The summed E-state index contributed by atoms with van der Waals surface area (Å²) in [7, 11) is 4.22. The lowest BCUT2D eigenvalue weighted by atomic mass is 10.0. The molecule has 6 heteroatoms. The topological polar surface area (TPSA) is 33.1 Å². The minimum Gasteiger partial charge on any atom is -0.308 e. The number of aromatic nitrogens is 2. The quantitative estimate of drug-likeness (QED) is 0.794. The monoisotopic (exact) mass is 374 g/mol. The molecule has 1 aliphatic rings. The highest BCUT2D eigenvalue weighted by Gasteiger charge is 2.29. The number of hydrogen-bond donors (Lipinski definition) is 1. The van der Waals surface area contributed by atoms with Gasteiger partial charge in [0, 0.05) is 11.8 Å². The fourth-order valence-corrected chi connectivity index (χ4v) is 4.77. The van der Waals surface area contributed by atoms with Gasteiger partial charge in [0.25, 0.3) is 0 Å². The van der Waals surface area contributed by atoms with Crippen LogP contribution in [0.1, 0.15) is 37.9 Å². The number of likely N-dealkylation sites (N-methyl/N-ethyl adjacent to an activating group) is 1. The van der Waals surface area contributed by atoms with E-state index in [4.69, 9.17) is 0 Å². The van der Waals surface area contributed by atoms with Gasteiger partial charge in [-0.1, -0.05) is 13.3 Å². The van der Waals surface area contributed by atoms with Crippen LogP contribution in [0.2, 0.25) is 0 Å². The Labute approximate surface area is 141 Å². The van der Waals surface area contributed by atoms with Gasteiger partial charge in [-0.3, -0.25) is 4.68 Å². The SMILES string of the molecule is CCNC(c1c(Br)cnn1CCN(C)C)C1CCCCS1. The normalized spacial score (nSPS) is 20.9. The summed E-state index contributed by atoms with van der Waals surface area (Å²) in [5, 5.41) is 8.94. The smallest absolute Gasteiger partial charge is 0.0707 e. The fraction of sp³-hybridized carbons (Fsp3) is 0.800. The lowest BCUT2D eigenvalue weighted by molar-refractivity contribution is 0.359. The number of rotatable bonds is 7. The van der Waals surface area contributed by atoms with E-state index in [2.05, 4.69) is 68.7 Å². The van der Waals surface area contributed by atoms with Crippen LogP contribution in [-0.4, -0.2) is 52.9 Å². The van der Waals surface area contributed by atoms with Crippen molar-refractivity contribution < 1.29 is 0 Å². The molecule has 0 saturated carbocycles. The summed E-state index contributed by atoms with van der Waals surface area (Å²) in [5.74, 6) is 1.29. The Morgan fingerprint density at radius 2 is 2.33 bits per heavy atom. The molecule has 1 fully saturated rings. The van der Waals surface area contributed by atoms with Crippen LogP contribution in [0.4, 0.5) is 0 Å². The third-order valence-electron chi connectivity index (χ3n) is 3.90. The van der Waals surface area contributed by atoms with Crippen LogP contribution in [0, 0.1) is 0 Å². The summed E-state index contributed by atoms with van der Waals surface area (Å²) in [6.07, 6.45) is 5.96. The predicted octanol–water partition coefficient (Wildman–Crippen LogP) is 3.14. The Bertz CT molecular complexity index is 429. The average Bonchev–Trinajstić information content (AvgIpc) is 2.84. The van der Waals surface area contributed by atoms with Crippen LogP contribution >= 0.6 is 27.7 Å². The number of hydrogen-bond acceptors (Lipinski definition) is 4. The van der Waals surface area contributed by atoms with Gasteiger partial charge in [-0.2, -0.15) is 16.9 Å². The first-order chi connectivity index (χ1) is 10.1. The van der Waals surface area contributed by atoms with Crippen molar-refractivity contribution in [3.63, 3.8) is 0 Å². The molecule has 21 heavy (non-hydrogen) atoms. The minimum atomic E-state index is 0.388. The van der Waals surface area contributed by atoms with Crippen molar-refractivity contribution in [1.82, 2.24) is 20.0 Å². The van der Waals surface area contributed by atoms with E-state index in [9.17, 15) is 0 Å². The van der Waals surface area contributed by atoms with E-state index in [1.165, 1.54) is 30.7 Å². The molecule has 4 nitrogen and oxygen atoms in total. The molecule has 0 aromatic carbocycles. The third kappa shape index (κ3) is 4.71. The Hall–Kier alpha value is -0.0400. The molecule has 2 heterocycles. The average molecular weight is 375 g/mol. The van der Waals surface area contributed by atoms with Crippen LogP contribution in [-0.2, 0) is 6.54 Å². The highest BCUT2D eigenvalue weighted by atomic mass is 79.9. The number of nitrogens with zero attached hydrogens (tertiary/aromatic N) is 3. The van der Waals surface area contributed by atoms with Crippen LogP contribution in [0.25, 0.3) is 0 Å². The zero-order chi connectivity index (χ0) is 15.2. The minimum absolute atomic E-state index is 0.388. The molecule has 0 spiro atoms. The second kappa shape index (κ2) is 8.56. The number of thioether (sulfide) groups is 1. The largest absolute Gasteiger partial charge is 0.308 e. The molecule has 1 N–H and O–H groups in total. The van der Waals surface area contributed by atoms with Crippen molar-refractivity contribution in [3.05, 3.63) is 16.4 Å². The summed E-state index contributed by atoms with van der Waals surface area (Å²) in [6, 6.07) is 0.388. The molecule has 1 aromatic heterocycles. The van der Waals surface area contributed by atoms with E-state index in [0.29, 0.717) is 11.3 Å². The molecule has 1 saturated heterocycles. The van der Waals surface area contributed by atoms with Gasteiger partial charge < -0.3 is 10.2 Å². The zero-order valence-electron chi connectivity index (χ0n) is 13.3. The Balaban J connectivity index is 2.19. The molecule has 1 aromatic rings. The maximum Gasteiger partial charge on any atom is 0.0707 e. The second-order valence-corrected chi connectivity index (χ2v) is 8.05. The summed E-state index contributed by atoms with van der Waals surface area (Å²) >= 11 is 5.83. The number of nitrogens with one attached hydrogen (secondary N) is 1. The maximum atomic E-state index is 4.58. The molecule has 2 atom stereocenters. The van der Waals surface area contributed by atoms with Gasteiger partial charge >= 0.3 is 0 Å². The molecule has 0 bridgehead atoms. The predicted molar refractivity (Wildman–Crippen MR) is 95.0 cm³/mol. The lowest BCUT2D eigenvalue weighted by Gasteiger charge is -2.31. The Morgan fingerprint density at radius 1 is 1.52 bits per heavy atom. The van der Waals surface area contributed by atoms with Crippen LogP contribution in [0.3, 0.4) is 0 Å². The highest BCUT2D eigenvalue weighted by molar-refractivity contribution is 9.10. The van der Waals surface area contributed by atoms with Crippen molar-refractivity contribution >= 4 is 27.7 Å². The van der Waals surface area contributed by atoms with Gasteiger partial charge in [-0.05, 0) is 55.2 Å². The van der Waals surface area contributed by atoms with Crippen molar-refractivity contribution in [2.45, 2.75) is 44.0 Å². The van der Waals surface area contributed by atoms with Gasteiger partial charge in [0.1, 0.15) is 0 Å². The van der Waals surface area contributed by atoms with Crippen molar-refractivity contribution in [3.8, 4) is 0 Å². The molecule has 0 aliphatic carbocycles. The summed E-state index contributed by atoms with van der Waals surface area (Å²) < 4.78 is 3.31. The van der Waals surface area contributed by atoms with Gasteiger partial charge in [-0.25, -0.2) is 0 Å². The Morgan fingerprint density at radius 3 is 2.95 bits per heavy atom. The first kappa shape index (κ1) is 17.3. The molecular weight excluding hydrogens is 348 g/mol. The second-order valence-electron chi connectivity index (χ2n) is 5.84. The van der Waals surface area contributed by atoms with Crippen molar-refractivity contribution in [2.75, 3.05) is 32.9 Å². The molecule has 0 radical (unpaired) electrons. The van der Waals surface area contributed by atoms with Crippen LogP contribution < -0.4 is 5.32 Å². The molecular formula is C15H27BrN4S. The molecule has 1 aliphatic heterocycles. The first-order valence-electron chi connectivity index (χ1n) is 7.84. The van der Waals surface area contributed by atoms with Crippen molar-refractivity contribution in [1.29, 1.82) is 0 Å². The summed E-state index contributed by atoms with van der Waals surface area (Å²) in [6.45, 7) is 5.13. The van der Waals surface area contributed by atoms with E-state index in [0.717, 1.165) is 24.1 Å². The molecule has 2 rings (SSSR count). The van der Waals surface area contributed by atoms with E-state index >= 15 is 0 Å². The molecule has 0 amide bonds. The van der Waals surface area contributed by atoms with E-state index in [1.54, 1.807) is 0 Å². The van der Waals surface area contributed by atoms with E-state index in [1.807, 2.05) is 6.20 Å². The van der Waals surface area contributed by atoms with E-state index in [-0.39, 0.29) is 0 Å². The van der Waals surface area contributed by atoms with Gasteiger partial charge in [0.05, 0.1) is 29.0 Å². The van der Waals surface area contributed by atoms with Gasteiger partial charge in [0.2, 0.25) is 0 Å². The lowest BCUT2D eigenvalue weighted by Crippen LogP contribution is -2.34. The number of halogens is 1. The molecule has 2 unspecified atom stereocenters. The van der Waals surface area contributed by atoms with Crippen LogP contribution in [0.5, 0.6) is 0 Å². The highest BCUT2D eigenvalue weighted by Crippen LogP contribution is 2.37. The molecule has 120 valence electrons. The van der Waals surface area contributed by atoms with Gasteiger partial charge in [-0.15, -0.1) is 0 Å². The standard InChI is InChI=1S/C15H27BrN4S/c1-4-17-14(13-7-5-6-10-21-13)15-12(16)11-18-20(15)9-8-19(2)3/h11,13-14,17H,4-10H2,1-3H3. The Kier molecular flexibility index (Phi) is 7.05. The maximum absolute atomic E-state index is 4.58. The van der Waals surface area contributed by atoms with Crippen LogP contribution in [0.15, 0.2) is 10.7 Å². The third-order valence-corrected chi connectivity index (χ3v) is 5.97. The first-order valence-corrected chi connectivity index (χ1v) is 9.68. The van der Waals surface area contributed by atoms with Crippen molar-refractivity contribution in [2.24, 2.45) is 0 Å². The van der Waals surface area contributed by atoms with E-state index < -0.39 is 0 Å². The van der Waals surface area contributed by atoms with Gasteiger partial charge in [0.15, 0.2) is 0 Å². The summed E-state index contributed by atoms with van der Waals surface area (Å²) in [4.78, 5) is 2.21.